The molecule has 3 heterocycles. The van der Waals surface area contributed by atoms with Crippen LogP contribution in [0.3, 0.4) is 0 Å². The molecule has 0 spiro atoms. The molecule has 0 radical (unpaired) electrons. The molecule has 2 aromatic rings. The van der Waals surface area contributed by atoms with Crippen LogP contribution < -0.4 is 0 Å². The summed E-state index contributed by atoms with van der Waals surface area (Å²) in [5.41, 5.74) is 5.30. The Morgan fingerprint density at radius 1 is 1.17 bits per heavy atom. The molecular weight excluding hydrogens is 287 g/mol. The van der Waals surface area contributed by atoms with Crippen molar-refractivity contribution in [2.45, 2.75) is 25.8 Å². The monoisotopic (exact) mass is 311 g/mol. The molecule has 118 valence electrons. The van der Waals surface area contributed by atoms with Gasteiger partial charge in [-0.2, -0.15) is 0 Å². The van der Waals surface area contributed by atoms with E-state index in [1.807, 2.05) is 16.7 Å². The Hall–Kier alpha value is -2.20. The maximum atomic E-state index is 11.4. The number of carbonyl (C=O) groups is 1. The Labute approximate surface area is 140 Å². The molecule has 1 saturated heterocycles. The van der Waals surface area contributed by atoms with E-state index in [1.54, 1.807) is 11.1 Å². The van der Waals surface area contributed by atoms with E-state index in [0.717, 1.165) is 36.2 Å². The van der Waals surface area contributed by atoms with Crippen LogP contribution in [0.2, 0.25) is 0 Å². The topological polar surface area (TPSA) is 38.1 Å². The fraction of sp³-hybridized carbons (Fsp3) is 0.368. The van der Waals surface area contributed by atoms with Gasteiger partial charge in [0.2, 0.25) is 0 Å². The summed E-state index contributed by atoms with van der Waals surface area (Å²) in [5, 5.41) is 0. The summed E-state index contributed by atoms with van der Waals surface area (Å²) in [6.07, 6.45) is 4.73. The zero-order valence-corrected chi connectivity index (χ0v) is 13.0. The number of imidazole rings is 1. The predicted octanol–water partition coefficient (Wildman–Crippen LogP) is 2.78. The zero-order valence-electron chi connectivity index (χ0n) is 16.0. The number of hydrogen-bond acceptors (Lipinski definition) is 3. The number of likely N-dealkylation sites (tertiary alicyclic amines) is 1. The lowest BCUT2D eigenvalue weighted by molar-refractivity contribution is 0.111. The first-order valence-corrected chi connectivity index (χ1v) is 8.05. The molecule has 0 amide bonds. The molecule has 0 atom stereocenters. The summed E-state index contributed by atoms with van der Waals surface area (Å²) in [5.74, 6) is 0.828. The smallest absolute Gasteiger partial charge is 0.168 e. The van der Waals surface area contributed by atoms with Crippen molar-refractivity contribution in [2.24, 2.45) is 0 Å². The van der Waals surface area contributed by atoms with Crippen molar-refractivity contribution in [2.75, 3.05) is 20.1 Å². The van der Waals surface area contributed by atoms with Crippen molar-refractivity contribution >= 4 is 11.9 Å². The minimum Gasteiger partial charge on any atom is -0.321 e. The molecule has 2 aliphatic rings. The number of nitrogens with zero attached hydrogens (tertiary/aromatic N) is 3. The van der Waals surface area contributed by atoms with Crippen LogP contribution >= 0.6 is 0 Å². The fourth-order valence-corrected chi connectivity index (χ4v) is 3.63. The molecule has 1 aromatic carbocycles. The van der Waals surface area contributed by atoms with E-state index in [0.29, 0.717) is 31.6 Å². The van der Waals surface area contributed by atoms with E-state index < -0.39 is 6.98 Å². The number of aldehydes is 1. The second kappa shape index (κ2) is 5.78. The second-order valence-corrected chi connectivity index (χ2v) is 6.15. The van der Waals surface area contributed by atoms with Gasteiger partial charge in [-0.05, 0) is 37.4 Å². The quantitative estimate of drug-likeness (QED) is 0.600. The average molecular weight is 311 g/mol. The molecule has 2 aliphatic heterocycles. The van der Waals surface area contributed by atoms with Crippen LogP contribution in [0.4, 0.5) is 0 Å². The summed E-state index contributed by atoms with van der Waals surface area (Å²) < 4.78 is 24.9. The first-order chi connectivity index (χ1) is 12.5. The van der Waals surface area contributed by atoms with Crippen molar-refractivity contribution in [3.8, 4) is 0 Å². The van der Waals surface area contributed by atoms with Gasteiger partial charge < -0.3 is 9.47 Å². The first kappa shape index (κ1) is 11.4. The van der Waals surface area contributed by atoms with Crippen molar-refractivity contribution < 1.29 is 8.91 Å². The Balaban J connectivity index is 1.82. The maximum absolute atomic E-state index is 11.4. The van der Waals surface area contributed by atoms with Crippen molar-refractivity contribution in [1.29, 1.82) is 0 Å². The van der Waals surface area contributed by atoms with Gasteiger partial charge in [-0.25, -0.2) is 4.98 Å². The number of fused-ring (bicyclic) bond motifs is 2. The molecule has 4 rings (SSSR count). The van der Waals surface area contributed by atoms with Crippen molar-refractivity contribution in [1.82, 2.24) is 14.5 Å². The third kappa shape index (κ3) is 2.43. The fourth-order valence-electron chi connectivity index (χ4n) is 3.63. The summed E-state index contributed by atoms with van der Waals surface area (Å²) in [6.45, 7) is -0.295. The normalized spacial score (nSPS) is 20.8. The first-order valence-electron chi connectivity index (χ1n) is 9.55. The van der Waals surface area contributed by atoms with Gasteiger partial charge >= 0.3 is 0 Å². The lowest BCUT2D eigenvalue weighted by Gasteiger charge is -2.26. The van der Waals surface area contributed by atoms with Crippen molar-refractivity contribution in [3.63, 3.8) is 0 Å². The van der Waals surface area contributed by atoms with Crippen LogP contribution in [0, 0.1) is 0 Å². The number of carbonyl (C=O) groups excluding carboxylic acids is 1. The van der Waals surface area contributed by atoms with E-state index >= 15 is 0 Å². The van der Waals surface area contributed by atoms with Crippen molar-refractivity contribution in [3.05, 3.63) is 58.7 Å². The van der Waals surface area contributed by atoms with E-state index in [-0.39, 0.29) is 0 Å². The molecule has 0 unspecified atom stereocenters. The molecule has 4 heteroatoms. The van der Waals surface area contributed by atoms with Gasteiger partial charge in [-0.15, -0.1) is 0 Å². The predicted molar refractivity (Wildman–Crippen MR) is 90.5 cm³/mol. The number of aryl methyl sites for hydroxylation is 1. The van der Waals surface area contributed by atoms with E-state index in [2.05, 4.69) is 17.1 Å². The number of piperidine rings is 1. The lowest BCUT2D eigenvalue weighted by atomic mass is 9.90. The molecule has 1 aromatic heterocycles. The molecule has 1 fully saturated rings. The average Bonchev–Trinajstić information content (AvgIpc) is 2.96. The summed E-state index contributed by atoms with van der Waals surface area (Å²) in [7, 11) is 0. The Morgan fingerprint density at radius 2 is 2.00 bits per heavy atom. The van der Waals surface area contributed by atoms with Crippen LogP contribution in [0.25, 0.3) is 5.57 Å². The summed E-state index contributed by atoms with van der Waals surface area (Å²) in [6, 6.07) is 8.29. The minimum atomic E-state index is -2.04. The maximum Gasteiger partial charge on any atom is 0.168 e. The van der Waals surface area contributed by atoms with Gasteiger partial charge in [-0.3, -0.25) is 4.79 Å². The molecular formula is C19H21N3O. The third-order valence-electron chi connectivity index (χ3n) is 4.84. The van der Waals surface area contributed by atoms with Gasteiger partial charge in [0, 0.05) is 29.3 Å². The molecule has 0 N–H and O–H groups in total. The highest BCUT2D eigenvalue weighted by Gasteiger charge is 2.25. The van der Waals surface area contributed by atoms with Gasteiger partial charge in [0.1, 0.15) is 11.5 Å². The van der Waals surface area contributed by atoms with Gasteiger partial charge in [0.05, 0.1) is 6.20 Å². The highest BCUT2D eigenvalue weighted by molar-refractivity contribution is 5.83. The largest absolute Gasteiger partial charge is 0.321 e. The molecule has 4 nitrogen and oxygen atoms in total. The van der Waals surface area contributed by atoms with Gasteiger partial charge in [0.15, 0.2) is 6.29 Å². The van der Waals surface area contributed by atoms with Gasteiger partial charge in [0.25, 0.3) is 0 Å². The highest BCUT2D eigenvalue weighted by Crippen LogP contribution is 2.35. The number of benzene rings is 1. The van der Waals surface area contributed by atoms with E-state index in [9.17, 15) is 4.79 Å². The molecule has 0 bridgehead atoms. The van der Waals surface area contributed by atoms with Crippen LogP contribution in [0.15, 0.2) is 36.0 Å². The number of hydrogen-bond donors (Lipinski definition) is 0. The summed E-state index contributed by atoms with van der Waals surface area (Å²) in [4.78, 5) is 17.5. The highest BCUT2D eigenvalue weighted by atomic mass is 16.1. The lowest BCUT2D eigenvalue weighted by Crippen LogP contribution is -2.27. The van der Waals surface area contributed by atoms with Crippen LogP contribution in [-0.2, 0) is 13.0 Å². The Bertz CT molecular complexity index is 872. The second-order valence-electron chi connectivity index (χ2n) is 6.15. The standard InChI is InChI=1S/C19H21N3O/c1-21-9-6-15(7-10-21)18-17-5-3-2-4-14(17)8-11-22-16(13-23)12-20-19(18)22/h2-5,12-13H,6-11H2,1H3/i1+1D3. The van der Waals surface area contributed by atoms with Crippen LogP contribution in [-0.4, -0.2) is 40.8 Å². The SMILES string of the molecule is [2H][13C]([2H])([2H])N1CCC(=C2c3ccccc3CCn3c(C=O)cnc32)CC1. The molecule has 0 saturated carbocycles. The van der Waals surface area contributed by atoms with Crippen LogP contribution in [0.5, 0.6) is 0 Å². The number of aromatic nitrogens is 2. The van der Waals surface area contributed by atoms with E-state index in [1.165, 1.54) is 11.1 Å². The summed E-state index contributed by atoms with van der Waals surface area (Å²) >= 11 is 0. The molecule has 23 heavy (non-hydrogen) atoms. The van der Waals surface area contributed by atoms with E-state index in [4.69, 9.17) is 4.11 Å². The Morgan fingerprint density at radius 3 is 2.78 bits per heavy atom. The zero-order chi connectivity index (χ0) is 18.3. The Kier molecular flexibility index (Phi) is 2.85. The third-order valence-corrected chi connectivity index (χ3v) is 4.84. The van der Waals surface area contributed by atoms with Gasteiger partial charge in [-0.1, -0.05) is 29.8 Å². The molecule has 0 aliphatic carbocycles. The van der Waals surface area contributed by atoms with Crippen LogP contribution in [0.1, 0.15) is 44.4 Å². The number of rotatable bonds is 1. The minimum absolute atomic E-state index is 0.513.